The van der Waals surface area contributed by atoms with Crippen molar-refractivity contribution in [2.45, 2.75) is 25.9 Å². The molecule has 0 heterocycles. The Kier molecular flexibility index (Phi) is 4.74. The molecule has 90 valence electrons. The lowest BCUT2D eigenvalue weighted by atomic mass is 10.1. The predicted octanol–water partition coefficient (Wildman–Crippen LogP) is 1.30. The van der Waals surface area contributed by atoms with Crippen LogP contribution in [-0.2, 0) is 11.3 Å². The van der Waals surface area contributed by atoms with E-state index in [1.54, 1.807) is 11.9 Å². The second kappa shape index (κ2) is 6.07. The van der Waals surface area contributed by atoms with Crippen molar-refractivity contribution in [3.63, 3.8) is 0 Å². The topological polar surface area (TPSA) is 46.3 Å². The molecule has 0 aliphatic heterocycles. The molecule has 3 nitrogen and oxygen atoms in total. The number of hydrogen-bond acceptors (Lipinski definition) is 2. The predicted molar refractivity (Wildman–Crippen MR) is 69.1 cm³/mol. The second-order valence-electron chi connectivity index (χ2n) is 4.19. The summed E-state index contributed by atoms with van der Waals surface area (Å²) in [7, 11) is 1.73. The Morgan fingerprint density at radius 3 is 2.59 bits per heavy atom. The fourth-order valence-corrected chi connectivity index (χ4v) is 1.54. The molecule has 0 saturated heterocycles. The number of nitrogens with zero attached hydrogens (tertiary/aromatic N) is 1. The van der Waals surface area contributed by atoms with Gasteiger partial charge < -0.3 is 10.6 Å². The highest BCUT2D eigenvalue weighted by atomic mass is 16.2. The molecule has 0 aromatic heterocycles. The summed E-state index contributed by atoms with van der Waals surface area (Å²) in [4.78, 5) is 13.4. The molecule has 1 rings (SSSR count). The van der Waals surface area contributed by atoms with Gasteiger partial charge in [-0.05, 0) is 12.5 Å². The molecule has 1 aromatic carbocycles. The standard InChI is InChI=1S/C14H18N2O/c1-4-5-13(15)14(17)16(3)10-12-8-6-11(2)7-9-12/h1,6-9,13H,5,10,15H2,2-3H3. The van der Waals surface area contributed by atoms with Gasteiger partial charge in [0.15, 0.2) is 0 Å². The van der Waals surface area contributed by atoms with E-state index in [1.807, 2.05) is 31.2 Å². The summed E-state index contributed by atoms with van der Waals surface area (Å²) in [5, 5.41) is 0. The number of rotatable bonds is 4. The van der Waals surface area contributed by atoms with Crippen LogP contribution in [0.4, 0.5) is 0 Å². The van der Waals surface area contributed by atoms with Crippen LogP contribution in [0, 0.1) is 19.3 Å². The van der Waals surface area contributed by atoms with E-state index >= 15 is 0 Å². The SMILES string of the molecule is C#CCC(N)C(=O)N(C)Cc1ccc(C)cc1. The molecule has 0 saturated carbocycles. The van der Waals surface area contributed by atoms with Crippen molar-refractivity contribution >= 4 is 5.91 Å². The highest BCUT2D eigenvalue weighted by Gasteiger charge is 2.16. The first-order valence-corrected chi connectivity index (χ1v) is 5.54. The van der Waals surface area contributed by atoms with Crippen molar-refractivity contribution in [2.75, 3.05) is 7.05 Å². The number of likely N-dealkylation sites (N-methyl/N-ethyl adjacent to an activating group) is 1. The zero-order chi connectivity index (χ0) is 12.8. The van der Waals surface area contributed by atoms with Crippen molar-refractivity contribution in [1.82, 2.24) is 4.90 Å². The maximum absolute atomic E-state index is 11.8. The summed E-state index contributed by atoms with van der Waals surface area (Å²) >= 11 is 0. The van der Waals surface area contributed by atoms with Crippen LogP contribution in [-0.4, -0.2) is 23.9 Å². The summed E-state index contributed by atoms with van der Waals surface area (Å²) in [6.07, 6.45) is 5.41. The number of nitrogens with two attached hydrogens (primary N) is 1. The van der Waals surface area contributed by atoms with E-state index in [0.29, 0.717) is 6.54 Å². The summed E-state index contributed by atoms with van der Waals surface area (Å²) < 4.78 is 0. The van der Waals surface area contributed by atoms with E-state index in [9.17, 15) is 4.79 Å². The minimum Gasteiger partial charge on any atom is -0.340 e. The largest absolute Gasteiger partial charge is 0.340 e. The third-order valence-corrected chi connectivity index (χ3v) is 2.57. The highest BCUT2D eigenvalue weighted by molar-refractivity contribution is 5.81. The molecule has 0 bridgehead atoms. The highest BCUT2D eigenvalue weighted by Crippen LogP contribution is 2.07. The Balaban J connectivity index is 2.60. The van der Waals surface area contributed by atoms with Crippen molar-refractivity contribution < 1.29 is 4.79 Å². The number of hydrogen-bond donors (Lipinski definition) is 1. The second-order valence-corrected chi connectivity index (χ2v) is 4.19. The van der Waals surface area contributed by atoms with Crippen molar-refractivity contribution in [3.05, 3.63) is 35.4 Å². The summed E-state index contributed by atoms with van der Waals surface area (Å²) in [5.41, 5.74) is 7.96. The molecule has 2 N–H and O–H groups in total. The van der Waals surface area contributed by atoms with Gasteiger partial charge in [-0.3, -0.25) is 4.79 Å². The van der Waals surface area contributed by atoms with Crippen LogP contribution in [0.2, 0.25) is 0 Å². The van der Waals surface area contributed by atoms with Gasteiger partial charge in [0.1, 0.15) is 0 Å². The molecular formula is C14H18N2O. The van der Waals surface area contributed by atoms with E-state index in [4.69, 9.17) is 12.2 Å². The molecular weight excluding hydrogens is 212 g/mol. The maximum Gasteiger partial charge on any atom is 0.240 e. The average molecular weight is 230 g/mol. The van der Waals surface area contributed by atoms with Crippen molar-refractivity contribution in [3.8, 4) is 12.3 Å². The third kappa shape index (κ3) is 3.93. The van der Waals surface area contributed by atoms with Gasteiger partial charge in [0, 0.05) is 20.0 Å². The Morgan fingerprint density at radius 1 is 1.47 bits per heavy atom. The van der Waals surface area contributed by atoms with Gasteiger partial charge in [0.25, 0.3) is 0 Å². The third-order valence-electron chi connectivity index (χ3n) is 2.57. The average Bonchev–Trinajstić information content (AvgIpc) is 2.31. The first kappa shape index (κ1) is 13.3. The van der Waals surface area contributed by atoms with Gasteiger partial charge in [-0.15, -0.1) is 12.3 Å². The van der Waals surface area contributed by atoms with E-state index in [0.717, 1.165) is 5.56 Å². The first-order chi connectivity index (χ1) is 8.04. The van der Waals surface area contributed by atoms with E-state index in [-0.39, 0.29) is 12.3 Å². The number of benzene rings is 1. The van der Waals surface area contributed by atoms with Crippen LogP contribution in [0.25, 0.3) is 0 Å². The fourth-order valence-electron chi connectivity index (χ4n) is 1.54. The molecule has 1 atom stereocenters. The molecule has 1 amide bonds. The smallest absolute Gasteiger partial charge is 0.240 e. The van der Waals surface area contributed by atoms with Gasteiger partial charge in [-0.2, -0.15) is 0 Å². The van der Waals surface area contributed by atoms with Gasteiger partial charge in [-0.1, -0.05) is 29.8 Å². The Hall–Kier alpha value is -1.79. The number of aryl methyl sites for hydroxylation is 1. The molecule has 1 unspecified atom stereocenters. The lowest BCUT2D eigenvalue weighted by Gasteiger charge is -2.20. The van der Waals surface area contributed by atoms with Crippen LogP contribution in [0.15, 0.2) is 24.3 Å². The lowest BCUT2D eigenvalue weighted by molar-refractivity contribution is -0.131. The molecule has 1 aromatic rings. The molecule has 0 spiro atoms. The summed E-state index contributed by atoms with van der Waals surface area (Å²) in [6.45, 7) is 2.58. The minimum absolute atomic E-state index is 0.122. The number of terminal acetylenes is 1. The van der Waals surface area contributed by atoms with Gasteiger partial charge in [-0.25, -0.2) is 0 Å². The first-order valence-electron chi connectivity index (χ1n) is 5.54. The van der Waals surface area contributed by atoms with Crippen LogP contribution >= 0.6 is 0 Å². The van der Waals surface area contributed by atoms with Crippen molar-refractivity contribution in [2.24, 2.45) is 5.73 Å². The van der Waals surface area contributed by atoms with Crippen LogP contribution in [0.3, 0.4) is 0 Å². The van der Waals surface area contributed by atoms with Gasteiger partial charge in [0.05, 0.1) is 6.04 Å². The summed E-state index contributed by atoms with van der Waals surface area (Å²) in [6, 6.07) is 7.46. The van der Waals surface area contributed by atoms with E-state index in [1.165, 1.54) is 5.56 Å². The number of carbonyl (C=O) groups excluding carboxylic acids is 1. The zero-order valence-electron chi connectivity index (χ0n) is 10.3. The Morgan fingerprint density at radius 2 is 2.06 bits per heavy atom. The fraction of sp³-hybridized carbons (Fsp3) is 0.357. The Bertz CT molecular complexity index is 417. The van der Waals surface area contributed by atoms with Gasteiger partial charge >= 0.3 is 0 Å². The zero-order valence-corrected chi connectivity index (χ0v) is 10.3. The quantitative estimate of drug-likeness (QED) is 0.793. The van der Waals surface area contributed by atoms with Crippen molar-refractivity contribution in [1.29, 1.82) is 0 Å². The van der Waals surface area contributed by atoms with Gasteiger partial charge in [0.2, 0.25) is 5.91 Å². The molecule has 0 radical (unpaired) electrons. The summed E-state index contributed by atoms with van der Waals surface area (Å²) in [5.74, 6) is 2.28. The van der Waals surface area contributed by atoms with Crippen LogP contribution in [0.5, 0.6) is 0 Å². The molecule has 0 aliphatic rings. The number of amides is 1. The molecule has 0 fully saturated rings. The molecule has 17 heavy (non-hydrogen) atoms. The Labute approximate surface area is 103 Å². The van der Waals surface area contributed by atoms with E-state index in [2.05, 4.69) is 5.92 Å². The lowest BCUT2D eigenvalue weighted by Crippen LogP contribution is -2.41. The monoisotopic (exact) mass is 230 g/mol. The van der Waals surface area contributed by atoms with Crippen LogP contribution < -0.4 is 5.73 Å². The number of carbonyl (C=O) groups is 1. The van der Waals surface area contributed by atoms with E-state index < -0.39 is 6.04 Å². The molecule has 0 aliphatic carbocycles. The maximum atomic E-state index is 11.8. The minimum atomic E-state index is -0.601. The molecule has 3 heteroatoms. The normalized spacial score (nSPS) is 11.6. The van der Waals surface area contributed by atoms with Crippen LogP contribution in [0.1, 0.15) is 17.5 Å².